The summed E-state index contributed by atoms with van der Waals surface area (Å²) in [5, 5.41) is 7.47. The van der Waals surface area contributed by atoms with Gasteiger partial charge in [0.2, 0.25) is 5.89 Å². The van der Waals surface area contributed by atoms with Crippen LogP contribution in [0.1, 0.15) is 63.1 Å². The molecule has 1 fully saturated rings. The van der Waals surface area contributed by atoms with Crippen molar-refractivity contribution in [1.82, 2.24) is 15.5 Å². The summed E-state index contributed by atoms with van der Waals surface area (Å²) in [4.78, 5) is 4.55. The third-order valence-corrected chi connectivity index (χ3v) is 3.66. The summed E-state index contributed by atoms with van der Waals surface area (Å²) in [6.07, 6.45) is 8.27. The van der Waals surface area contributed by atoms with Gasteiger partial charge in [0.15, 0.2) is 5.82 Å². The first-order chi connectivity index (χ1) is 8.35. The molecule has 0 amide bonds. The first-order valence-corrected chi connectivity index (χ1v) is 6.85. The van der Waals surface area contributed by atoms with E-state index in [0.717, 1.165) is 24.6 Å². The van der Waals surface area contributed by atoms with Crippen LogP contribution in [0, 0.1) is 0 Å². The van der Waals surface area contributed by atoms with Crippen molar-refractivity contribution in [2.75, 3.05) is 7.05 Å². The highest BCUT2D eigenvalue weighted by Crippen LogP contribution is 2.30. The molecule has 1 heterocycles. The third kappa shape index (κ3) is 3.06. The number of aromatic nitrogens is 2. The smallest absolute Gasteiger partial charge is 0.231 e. The topological polar surface area (TPSA) is 51.0 Å². The second-order valence-electron chi connectivity index (χ2n) is 4.94. The molecule has 0 aromatic carbocycles. The summed E-state index contributed by atoms with van der Waals surface area (Å²) < 4.78 is 5.44. The molecule has 0 bridgehead atoms. The molecule has 96 valence electrons. The van der Waals surface area contributed by atoms with Crippen molar-refractivity contribution in [1.29, 1.82) is 0 Å². The van der Waals surface area contributed by atoms with Crippen molar-refractivity contribution in [3.8, 4) is 0 Å². The van der Waals surface area contributed by atoms with E-state index in [2.05, 4.69) is 22.4 Å². The van der Waals surface area contributed by atoms with Crippen LogP contribution in [-0.2, 0) is 6.42 Å². The molecule has 0 spiro atoms. The molecule has 1 aromatic heterocycles. The van der Waals surface area contributed by atoms with Gasteiger partial charge >= 0.3 is 0 Å². The Kier molecular flexibility index (Phi) is 4.54. The molecule has 2 unspecified atom stereocenters. The Morgan fingerprint density at radius 3 is 2.88 bits per heavy atom. The van der Waals surface area contributed by atoms with Gasteiger partial charge in [-0.3, -0.25) is 0 Å². The number of aryl methyl sites for hydroxylation is 1. The molecule has 4 heteroatoms. The molecule has 1 aliphatic rings. The van der Waals surface area contributed by atoms with Crippen LogP contribution in [-0.4, -0.2) is 23.2 Å². The average molecular weight is 237 g/mol. The molecular weight excluding hydrogens is 214 g/mol. The van der Waals surface area contributed by atoms with Crippen molar-refractivity contribution in [2.45, 2.75) is 63.8 Å². The van der Waals surface area contributed by atoms with Gasteiger partial charge in [0.05, 0.1) is 5.92 Å². The lowest BCUT2D eigenvalue weighted by atomic mass is 9.95. The minimum absolute atomic E-state index is 0.403. The second-order valence-corrected chi connectivity index (χ2v) is 4.94. The molecule has 0 aliphatic heterocycles. The number of nitrogens with zero attached hydrogens (tertiary/aromatic N) is 2. The van der Waals surface area contributed by atoms with Gasteiger partial charge in [0.25, 0.3) is 0 Å². The molecule has 17 heavy (non-hydrogen) atoms. The molecule has 1 aliphatic carbocycles. The standard InChI is InChI=1S/C13H23N3O/c1-3-7-12-15-13(17-16-12)10-8-5-4-6-9-11(10)14-2/h10-11,14H,3-9H2,1-2H3. The van der Waals surface area contributed by atoms with E-state index in [4.69, 9.17) is 4.52 Å². The Labute approximate surface area is 103 Å². The largest absolute Gasteiger partial charge is 0.339 e. The molecule has 1 saturated carbocycles. The third-order valence-electron chi connectivity index (χ3n) is 3.66. The van der Waals surface area contributed by atoms with Crippen LogP contribution in [0.15, 0.2) is 4.52 Å². The Morgan fingerprint density at radius 2 is 2.12 bits per heavy atom. The summed E-state index contributed by atoms with van der Waals surface area (Å²) >= 11 is 0. The van der Waals surface area contributed by atoms with Crippen LogP contribution in [0.2, 0.25) is 0 Å². The van der Waals surface area contributed by atoms with E-state index >= 15 is 0 Å². The van der Waals surface area contributed by atoms with Gasteiger partial charge in [-0.25, -0.2) is 0 Å². The fourth-order valence-corrected chi connectivity index (χ4v) is 2.69. The van der Waals surface area contributed by atoms with Gasteiger partial charge in [-0.2, -0.15) is 4.98 Å². The first kappa shape index (κ1) is 12.6. The maximum atomic E-state index is 5.44. The van der Waals surface area contributed by atoms with E-state index in [9.17, 15) is 0 Å². The number of hydrogen-bond donors (Lipinski definition) is 1. The molecule has 2 rings (SSSR count). The zero-order valence-electron chi connectivity index (χ0n) is 10.9. The summed E-state index contributed by atoms with van der Waals surface area (Å²) in [5.41, 5.74) is 0. The molecule has 0 saturated heterocycles. The highest BCUT2D eigenvalue weighted by Gasteiger charge is 2.28. The van der Waals surface area contributed by atoms with Crippen LogP contribution in [0.5, 0.6) is 0 Å². The van der Waals surface area contributed by atoms with Gasteiger partial charge in [0.1, 0.15) is 0 Å². The maximum Gasteiger partial charge on any atom is 0.231 e. The van der Waals surface area contributed by atoms with Crippen molar-refractivity contribution >= 4 is 0 Å². The van der Waals surface area contributed by atoms with Crippen molar-refractivity contribution in [2.24, 2.45) is 0 Å². The maximum absolute atomic E-state index is 5.44. The van der Waals surface area contributed by atoms with E-state index in [1.165, 1.54) is 32.1 Å². The fourth-order valence-electron chi connectivity index (χ4n) is 2.69. The van der Waals surface area contributed by atoms with E-state index in [1.807, 2.05) is 7.05 Å². The predicted octanol–water partition coefficient (Wildman–Crippen LogP) is 2.66. The molecule has 0 radical (unpaired) electrons. The van der Waals surface area contributed by atoms with Gasteiger partial charge in [-0.15, -0.1) is 0 Å². The lowest BCUT2D eigenvalue weighted by molar-refractivity contribution is 0.309. The lowest BCUT2D eigenvalue weighted by Gasteiger charge is -2.20. The van der Waals surface area contributed by atoms with Gasteiger partial charge in [-0.05, 0) is 26.3 Å². The van der Waals surface area contributed by atoms with Crippen molar-refractivity contribution in [3.05, 3.63) is 11.7 Å². The molecule has 2 atom stereocenters. The van der Waals surface area contributed by atoms with Crippen LogP contribution < -0.4 is 5.32 Å². The van der Waals surface area contributed by atoms with E-state index in [-0.39, 0.29) is 0 Å². The van der Waals surface area contributed by atoms with Crippen molar-refractivity contribution in [3.63, 3.8) is 0 Å². The zero-order chi connectivity index (χ0) is 12.1. The summed E-state index contributed by atoms with van der Waals surface area (Å²) in [6.45, 7) is 2.14. The summed E-state index contributed by atoms with van der Waals surface area (Å²) in [6, 6.07) is 0.493. The monoisotopic (exact) mass is 237 g/mol. The Balaban J connectivity index is 2.10. The second kappa shape index (κ2) is 6.15. The lowest BCUT2D eigenvalue weighted by Crippen LogP contribution is -2.31. The van der Waals surface area contributed by atoms with Crippen LogP contribution in [0.4, 0.5) is 0 Å². The van der Waals surface area contributed by atoms with Gasteiger partial charge < -0.3 is 9.84 Å². The number of likely N-dealkylation sites (N-methyl/N-ethyl adjacent to an activating group) is 1. The minimum atomic E-state index is 0.403. The van der Waals surface area contributed by atoms with Crippen LogP contribution >= 0.6 is 0 Å². The van der Waals surface area contributed by atoms with E-state index < -0.39 is 0 Å². The summed E-state index contributed by atoms with van der Waals surface area (Å²) in [7, 11) is 2.03. The van der Waals surface area contributed by atoms with Crippen LogP contribution in [0.25, 0.3) is 0 Å². The number of nitrogens with one attached hydrogen (secondary N) is 1. The molecular formula is C13H23N3O. The van der Waals surface area contributed by atoms with Gasteiger partial charge in [-0.1, -0.05) is 31.3 Å². The van der Waals surface area contributed by atoms with Crippen molar-refractivity contribution < 1.29 is 4.52 Å². The minimum Gasteiger partial charge on any atom is -0.339 e. The normalized spacial score (nSPS) is 25.8. The average Bonchev–Trinajstić information content (AvgIpc) is 2.66. The molecule has 1 aromatic rings. The Hall–Kier alpha value is -0.900. The molecule has 1 N–H and O–H groups in total. The zero-order valence-corrected chi connectivity index (χ0v) is 10.9. The SMILES string of the molecule is CCCc1noc(C2CCCCCC2NC)n1. The van der Waals surface area contributed by atoms with E-state index in [1.54, 1.807) is 0 Å². The number of rotatable bonds is 4. The summed E-state index contributed by atoms with van der Waals surface area (Å²) in [5.74, 6) is 2.11. The quantitative estimate of drug-likeness (QED) is 0.818. The van der Waals surface area contributed by atoms with Crippen LogP contribution in [0.3, 0.4) is 0 Å². The fraction of sp³-hybridized carbons (Fsp3) is 0.846. The molecule has 4 nitrogen and oxygen atoms in total. The Morgan fingerprint density at radius 1 is 1.29 bits per heavy atom. The highest BCUT2D eigenvalue weighted by molar-refractivity contribution is 5.00. The predicted molar refractivity (Wildman–Crippen MR) is 67.0 cm³/mol. The number of hydrogen-bond acceptors (Lipinski definition) is 4. The Bertz CT molecular complexity index is 337. The van der Waals surface area contributed by atoms with E-state index in [0.29, 0.717) is 12.0 Å². The van der Waals surface area contributed by atoms with Gasteiger partial charge in [0, 0.05) is 12.5 Å². The highest BCUT2D eigenvalue weighted by atomic mass is 16.5. The first-order valence-electron chi connectivity index (χ1n) is 6.85.